The van der Waals surface area contributed by atoms with E-state index in [1.165, 1.54) is 10.5 Å². The van der Waals surface area contributed by atoms with Crippen molar-refractivity contribution in [3.05, 3.63) is 30.6 Å². The first-order chi connectivity index (χ1) is 10.5. The van der Waals surface area contributed by atoms with Crippen LogP contribution in [0, 0.1) is 5.92 Å². The maximum Gasteiger partial charge on any atom is 0.260 e. The predicted molar refractivity (Wildman–Crippen MR) is 80.9 cm³/mol. The van der Waals surface area contributed by atoms with Crippen molar-refractivity contribution < 1.29 is 13.5 Å². The third-order valence-corrected chi connectivity index (χ3v) is 6.74. The lowest BCUT2D eigenvalue weighted by atomic mass is 9.92. The molecule has 1 saturated heterocycles. The van der Waals surface area contributed by atoms with Crippen molar-refractivity contribution in [3.63, 3.8) is 0 Å². The summed E-state index contributed by atoms with van der Waals surface area (Å²) in [5.74, 6) is 0.0511. The molecule has 1 saturated carbocycles. The zero-order valence-corrected chi connectivity index (χ0v) is 13.0. The van der Waals surface area contributed by atoms with Crippen LogP contribution in [-0.4, -0.2) is 45.9 Å². The van der Waals surface area contributed by atoms with Crippen LogP contribution >= 0.6 is 0 Å². The van der Waals surface area contributed by atoms with Gasteiger partial charge in [0.1, 0.15) is 5.65 Å². The first-order valence-electron chi connectivity index (χ1n) is 7.65. The largest absolute Gasteiger partial charge is 0.390 e. The number of hydrogen-bond donors (Lipinski definition) is 1. The summed E-state index contributed by atoms with van der Waals surface area (Å²) in [6, 6.07) is 5.41. The molecule has 22 heavy (non-hydrogen) atoms. The summed E-state index contributed by atoms with van der Waals surface area (Å²) < 4.78 is 29.0. The van der Waals surface area contributed by atoms with Crippen LogP contribution < -0.4 is 0 Å². The SMILES string of the molecule is O=S(=O)(c1cnc2ccccn12)N1CCCC(C2(O)CC2)C1. The second-order valence-electron chi connectivity index (χ2n) is 6.33. The molecule has 2 aliphatic rings. The van der Waals surface area contributed by atoms with E-state index >= 15 is 0 Å². The zero-order valence-electron chi connectivity index (χ0n) is 12.2. The Kier molecular flexibility index (Phi) is 3.08. The Hall–Kier alpha value is -1.44. The third kappa shape index (κ3) is 2.15. The fraction of sp³-hybridized carbons (Fsp3) is 0.533. The number of nitrogens with zero attached hydrogens (tertiary/aromatic N) is 3. The van der Waals surface area contributed by atoms with Crippen LogP contribution in [0.25, 0.3) is 5.65 Å². The molecular weight excluding hydrogens is 302 g/mol. The van der Waals surface area contributed by atoms with Crippen LogP contribution in [-0.2, 0) is 10.0 Å². The molecule has 1 atom stereocenters. The van der Waals surface area contributed by atoms with E-state index in [2.05, 4.69) is 4.98 Å². The van der Waals surface area contributed by atoms with Crippen LogP contribution in [0.3, 0.4) is 0 Å². The normalized spacial score (nSPS) is 25.4. The number of piperidine rings is 1. The van der Waals surface area contributed by atoms with Crippen LogP contribution in [0.15, 0.2) is 35.6 Å². The number of aliphatic hydroxyl groups is 1. The van der Waals surface area contributed by atoms with E-state index in [0.717, 1.165) is 25.7 Å². The Morgan fingerprint density at radius 3 is 2.91 bits per heavy atom. The lowest BCUT2D eigenvalue weighted by Gasteiger charge is -2.34. The molecule has 0 spiro atoms. The molecule has 0 radical (unpaired) electrons. The number of hydrogen-bond acceptors (Lipinski definition) is 4. The Morgan fingerprint density at radius 1 is 1.32 bits per heavy atom. The molecule has 0 bridgehead atoms. The maximum atomic E-state index is 12.9. The predicted octanol–water partition coefficient (Wildman–Crippen LogP) is 1.26. The smallest absolute Gasteiger partial charge is 0.260 e. The number of aromatic nitrogens is 2. The standard InChI is InChI=1S/C15H19N3O3S/c19-15(6-7-15)12-4-3-8-17(11-12)22(20,21)14-10-16-13-5-1-2-9-18(13)14/h1-2,5,9-10,12,19H,3-4,6-8,11H2. The fourth-order valence-corrected chi connectivity index (χ4v) is 4.97. The molecule has 118 valence electrons. The van der Waals surface area contributed by atoms with Gasteiger partial charge in [-0.15, -0.1) is 0 Å². The quantitative estimate of drug-likeness (QED) is 0.923. The summed E-state index contributed by atoms with van der Waals surface area (Å²) >= 11 is 0. The van der Waals surface area contributed by atoms with Crippen molar-refractivity contribution in [2.24, 2.45) is 5.92 Å². The van der Waals surface area contributed by atoms with Crippen LogP contribution in [0.1, 0.15) is 25.7 Å². The number of pyridine rings is 1. The van der Waals surface area contributed by atoms with Gasteiger partial charge in [0, 0.05) is 25.2 Å². The van der Waals surface area contributed by atoms with Gasteiger partial charge < -0.3 is 5.11 Å². The molecule has 0 amide bonds. The van der Waals surface area contributed by atoms with E-state index in [1.807, 2.05) is 6.07 Å². The maximum absolute atomic E-state index is 12.9. The second-order valence-corrected chi connectivity index (χ2v) is 8.22. The molecule has 2 aromatic heterocycles. The summed E-state index contributed by atoms with van der Waals surface area (Å²) in [5, 5.41) is 10.5. The van der Waals surface area contributed by atoms with Gasteiger partial charge in [-0.2, -0.15) is 4.31 Å². The van der Waals surface area contributed by atoms with E-state index < -0.39 is 15.6 Å². The minimum Gasteiger partial charge on any atom is -0.390 e. The van der Waals surface area contributed by atoms with Gasteiger partial charge in [0.2, 0.25) is 0 Å². The highest BCUT2D eigenvalue weighted by molar-refractivity contribution is 7.89. The van der Waals surface area contributed by atoms with Crippen molar-refractivity contribution in [2.45, 2.75) is 36.3 Å². The molecule has 6 nitrogen and oxygen atoms in total. The van der Waals surface area contributed by atoms with E-state index in [0.29, 0.717) is 18.7 Å². The molecule has 3 heterocycles. The monoisotopic (exact) mass is 321 g/mol. The highest BCUT2D eigenvalue weighted by atomic mass is 32.2. The molecule has 1 unspecified atom stereocenters. The minimum atomic E-state index is -3.59. The van der Waals surface area contributed by atoms with E-state index in [4.69, 9.17) is 0 Å². The summed E-state index contributed by atoms with van der Waals surface area (Å²) in [6.07, 6.45) is 6.41. The highest BCUT2D eigenvalue weighted by Crippen LogP contribution is 2.46. The summed E-state index contributed by atoms with van der Waals surface area (Å²) in [4.78, 5) is 4.17. The van der Waals surface area contributed by atoms with Crippen molar-refractivity contribution in [2.75, 3.05) is 13.1 Å². The lowest BCUT2D eigenvalue weighted by molar-refractivity contribution is 0.0514. The van der Waals surface area contributed by atoms with Crippen molar-refractivity contribution in [1.29, 1.82) is 0 Å². The second kappa shape index (κ2) is 4.78. The van der Waals surface area contributed by atoms with Crippen molar-refractivity contribution in [1.82, 2.24) is 13.7 Å². The molecule has 1 N–H and O–H groups in total. The summed E-state index contributed by atoms with van der Waals surface area (Å²) in [5.41, 5.74) is -0.0105. The molecule has 2 aromatic rings. The number of fused-ring (bicyclic) bond motifs is 1. The lowest BCUT2D eigenvalue weighted by Crippen LogP contribution is -2.44. The van der Waals surface area contributed by atoms with Gasteiger partial charge in [-0.3, -0.25) is 4.40 Å². The highest BCUT2D eigenvalue weighted by Gasteiger charge is 2.50. The topological polar surface area (TPSA) is 74.9 Å². The van der Waals surface area contributed by atoms with Gasteiger partial charge in [-0.05, 0) is 37.8 Å². The molecular formula is C15H19N3O3S. The molecule has 2 fully saturated rings. The zero-order chi connectivity index (χ0) is 15.4. The van der Waals surface area contributed by atoms with Gasteiger partial charge >= 0.3 is 0 Å². The van der Waals surface area contributed by atoms with E-state index in [-0.39, 0.29) is 10.9 Å². The van der Waals surface area contributed by atoms with Crippen molar-refractivity contribution >= 4 is 15.7 Å². The molecule has 7 heteroatoms. The number of rotatable bonds is 3. The van der Waals surface area contributed by atoms with E-state index in [9.17, 15) is 13.5 Å². The number of imidazole rings is 1. The molecule has 0 aromatic carbocycles. The first kappa shape index (κ1) is 14.2. The van der Waals surface area contributed by atoms with Gasteiger partial charge in [0.15, 0.2) is 5.03 Å². The average molecular weight is 321 g/mol. The average Bonchev–Trinajstić information content (AvgIpc) is 3.13. The fourth-order valence-electron chi connectivity index (χ4n) is 3.37. The minimum absolute atomic E-state index is 0.0511. The Labute approximate surface area is 129 Å². The molecule has 1 aliphatic carbocycles. The van der Waals surface area contributed by atoms with Gasteiger partial charge in [-0.25, -0.2) is 13.4 Å². The molecule has 4 rings (SSSR count). The van der Waals surface area contributed by atoms with Gasteiger partial charge in [0.05, 0.1) is 11.8 Å². The Bertz CT molecular complexity index is 810. The molecule has 1 aliphatic heterocycles. The van der Waals surface area contributed by atoms with Crippen molar-refractivity contribution in [3.8, 4) is 0 Å². The number of sulfonamides is 1. The first-order valence-corrected chi connectivity index (χ1v) is 9.09. The van der Waals surface area contributed by atoms with Crippen LogP contribution in [0.2, 0.25) is 0 Å². The summed E-state index contributed by atoms with van der Waals surface area (Å²) in [7, 11) is -3.59. The van der Waals surface area contributed by atoms with Gasteiger partial charge in [0.25, 0.3) is 10.0 Å². The van der Waals surface area contributed by atoms with Crippen LogP contribution in [0.5, 0.6) is 0 Å². The van der Waals surface area contributed by atoms with E-state index in [1.54, 1.807) is 22.7 Å². The summed E-state index contributed by atoms with van der Waals surface area (Å²) in [6.45, 7) is 0.911. The Balaban J connectivity index is 1.68. The van der Waals surface area contributed by atoms with Crippen LogP contribution in [0.4, 0.5) is 0 Å². The Morgan fingerprint density at radius 2 is 2.14 bits per heavy atom. The third-order valence-electron chi connectivity index (χ3n) is 4.89. The van der Waals surface area contributed by atoms with Gasteiger partial charge in [-0.1, -0.05) is 6.07 Å².